The number of nitrogens with two attached hydrogens (primary N) is 1. The molecule has 2 atom stereocenters. The Balaban J connectivity index is 1.86. The van der Waals surface area contributed by atoms with E-state index in [1.165, 1.54) is 24.0 Å². The molecule has 0 amide bonds. The highest BCUT2D eigenvalue weighted by Gasteiger charge is 2.31. The number of hydrogen-bond acceptors (Lipinski definition) is 3. The molecule has 2 aliphatic rings. The van der Waals surface area contributed by atoms with Crippen LogP contribution in [0.15, 0.2) is 29.3 Å². The summed E-state index contributed by atoms with van der Waals surface area (Å²) in [6, 6.07) is 9.81. The molecule has 1 aliphatic heterocycles. The summed E-state index contributed by atoms with van der Waals surface area (Å²) < 4.78 is 0. The Morgan fingerprint density at radius 1 is 1.37 bits per heavy atom. The van der Waals surface area contributed by atoms with E-state index < -0.39 is 0 Å². The van der Waals surface area contributed by atoms with Crippen LogP contribution < -0.4 is 5.73 Å². The zero-order chi connectivity index (χ0) is 13.4. The molecule has 3 heteroatoms. The Morgan fingerprint density at radius 3 is 2.79 bits per heavy atom. The lowest BCUT2D eigenvalue weighted by Crippen LogP contribution is -2.42. The van der Waals surface area contributed by atoms with Gasteiger partial charge in [-0.25, -0.2) is 0 Å². The SMILES string of the molecule is CCC(C)N1C(N)=NCC1c1cccc(C2CC2)c1. The normalized spacial score (nSPS) is 24.4. The van der Waals surface area contributed by atoms with Gasteiger partial charge in [0.2, 0.25) is 0 Å². The van der Waals surface area contributed by atoms with Gasteiger partial charge in [-0.2, -0.15) is 0 Å². The largest absolute Gasteiger partial charge is 0.370 e. The van der Waals surface area contributed by atoms with Crippen molar-refractivity contribution in [1.82, 2.24) is 4.90 Å². The predicted octanol–water partition coefficient (Wildman–Crippen LogP) is 3.03. The number of hydrogen-bond donors (Lipinski definition) is 1. The van der Waals surface area contributed by atoms with Crippen LogP contribution in [0.1, 0.15) is 56.2 Å². The Kier molecular flexibility index (Phi) is 3.21. The molecule has 3 rings (SSSR count). The van der Waals surface area contributed by atoms with Crippen molar-refractivity contribution in [2.75, 3.05) is 6.54 Å². The van der Waals surface area contributed by atoms with E-state index in [1.807, 2.05) is 0 Å². The molecule has 0 aromatic heterocycles. The average molecular weight is 257 g/mol. The van der Waals surface area contributed by atoms with Gasteiger partial charge in [-0.15, -0.1) is 0 Å². The zero-order valence-corrected chi connectivity index (χ0v) is 11.8. The van der Waals surface area contributed by atoms with Crippen LogP contribution in [0.5, 0.6) is 0 Å². The highest BCUT2D eigenvalue weighted by Crippen LogP contribution is 2.41. The van der Waals surface area contributed by atoms with Crippen LogP contribution in [0.3, 0.4) is 0 Å². The third-order valence-corrected chi connectivity index (χ3v) is 4.44. The molecule has 19 heavy (non-hydrogen) atoms. The summed E-state index contributed by atoms with van der Waals surface area (Å²) in [5.41, 5.74) is 8.93. The van der Waals surface area contributed by atoms with E-state index in [4.69, 9.17) is 5.73 Å². The molecule has 0 saturated heterocycles. The molecule has 2 N–H and O–H groups in total. The molecule has 3 nitrogen and oxygen atoms in total. The lowest BCUT2D eigenvalue weighted by atomic mass is 10.00. The summed E-state index contributed by atoms with van der Waals surface area (Å²) in [5, 5.41) is 0. The fourth-order valence-electron chi connectivity index (χ4n) is 2.94. The van der Waals surface area contributed by atoms with Gasteiger partial charge in [0, 0.05) is 6.04 Å². The van der Waals surface area contributed by atoms with Crippen molar-refractivity contribution in [3.63, 3.8) is 0 Å². The third kappa shape index (κ3) is 2.34. The van der Waals surface area contributed by atoms with Gasteiger partial charge < -0.3 is 10.6 Å². The Bertz CT molecular complexity index is 491. The number of rotatable bonds is 4. The minimum atomic E-state index is 0.327. The fraction of sp³-hybridized carbons (Fsp3) is 0.562. The predicted molar refractivity (Wildman–Crippen MR) is 79.2 cm³/mol. The van der Waals surface area contributed by atoms with Crippen LogP contribution in [0.4, 0.5) is 0 Å². The van der Waals surface area contributed by atoms with E-state index in [1.54, 1.807) is 0 Å². The van der Waals surface area contributed by atoms with Crippen molar-refractivity contribution < 1.29 is 0 Å². The van der Waals surface area contributed by atoms with Crippen LogP contribution in [-0.4, -0.2) is 23.4 Å². The third-order valence-electron chi connectivity index (χ3n) is 4.44. The molecular weight excluding hydrogens is 234 g/mol. The van der Waals surface area contributed by atoms with E-state index in [9.17, 15) is 0 Å². The van der Waals surface area contributed by atoms with Crippen molar-refractivity contribution in [3.8, 4) is 0 Å². The van der Waals surface area contributed by atoms with Crippen LogP contribution in [0.2, 0.25) is 0 Å². The summed E-state index contributed by atoms with van der Waals surface area (Å²) in [6.07, 6.45) is 3.79. The number of benzene rings is 1. The zero-order valence-electron chi connectivity index (χ0n) is 11.8. The maximum atomic E-state index is 6.07. The summed E-state index contributed by atoms with van der Waals surface area (Å²) >= 11 is 0. The molecule has 1 heterocycles. The summed E-state index contributed by atoms with van der Waals surface area (Å²) in [6.45, 7) is 5.23. The average Bonchev–Trinajstić information content (AvgIpc) is 3.21. The van der Waals surface area contributed by atoms with Gasteiger partial charge >= 0.3 is 0 Å². The van der Waals surface area contributed by atoms with Gasteiger partial charge in [0.25, 0.3) is 0 Å². The van der Waals surface area contributed by atoms with E-state index in [-0.39, 0.29) is 0 Å². The summed E-state index contributed by atoms with van der Waals surface area (Å²) in [7, 11) is 0. The standard InChI is InChI=1S/C16H23N3/c1-3-11(2)19-15(10-18-16(19)17)14-6-4-5-13(9-14)12-7-8-12/h4-6,9,11-12,15H,3,7-8,10H2,1-2H3,(H2,17,18). The molecule has 2 unspecified atom stereocenters. The van der Waals surface area contributed by atoms with Crippen molar-refractivity contribution in [1.29, 1.82) is 0 Å². The minimum Gasteiger partial charge on any atom is -0.370 e. The monoisotopic (exact) mass is 257 g/mol. The topological polar surface area (TPSA) is 41.6 Å². The summed E-state index contributed by atoms with van der Waals surface area (Å²) in [5.74, 6) is 1.51. The van der Waals surface area contributed by atoms with Crippen molar-refractivity contribution in [3.05, 3.63) is 35.4 Å². The molecule has 0 radical (unpaired) electrons. The number of guanidine groups is 1. The van der Waals surface area contributed by atoms with Crippen LogP contribution >= 0.6 is 0 Å². The van der Waals surface area contributed by atoms with Gasteiger partial charge in [-0.05, 0) is 43.2 Å². The Hall–Kier alpha value is -1.51. The van der Waals surface area contributed by atoms with E-state index in [0.717, 1.165) is 18.9 Å². The lowest BCUT2D eigenvalue weighted by Gasteiger charge is -2.32. The first kappa shape index (κ1) is 12.5. The van der Waals surface area contributed by atoms with Gasteiger partial charge in [-0.1, -0.05) is 31.2 Å². The van der Waals surface area contributed by atoms with Gasteiger partial charge in [0.15, 0.2) is 5.96 Å². The van der Waals surface area contributed by atoms with Gasteiger partial charge in [0.1, 0.15) is 0 Å². The Morgan fingerprint density at radius 2 is 2.11 bits per heavy atom. The molecule has 1 aromatic rings. The molecule has 1 aliphatic carbocycles. The molecule has 1 fully saturated rings. The minimum absolute atomic E-state index is 0.327. The maximum absolute atomic E-state index is 6.07. The highest BCUT2D eigenvalue weighted by atomic mass is 15.3. The second-order valence-electron chi connectivity index (χ2n) is 5.82. The van der Waals surface area contributed by atoms with Crippen LogP contribution in [0.25, 0.3) is 0 Å². The first-order chi connectivity index (χ1) is 9.20. The molecule has 1 aromatic carbocycles. The molecular formula is C16H23N3. The fourth-order valence-corrected chi connectivity index (χ4v) is 2.94. The smallest absolute Gasteiger partial charge is 0.192 e. The van der Waals surface area contributed by atoms with E-state index >= 15 is 0 Å². The second-order valence-corrected chi connectivity index (χ2v) is 5.82. The molecule has 0 bridgehead atoms. The van der Waals surface area contributed by atoms with Crippen LogP contribution in [-0.2, 0) is 0 Å². The summed E-state index contributed by atoms with van der Waals surface area (Å²) in [4.78, 5) is 6.74. The second kappa shape index (κ2) is 4.87. The van der Waals surface area contributed by atoms with Gasteiger partial charge in [-0.3, -0.25) is 4.99 Å². The lowest BCUT2D eigenvalue weighted by molar-refractivity contribution is 0.268. The first-order valence-corrected chi connectivity index (χ1v) is 7.38. The van der Waals surface area contributed by atoms with Crippen molar-refractivity contribution in [2.45, 2.75) is 51.1 Å². The number of nitrogens with zero attached hydrogens (tertiary/aromatic N) is 2. The molecule has 0 spiro atoms. The van der Waals surface area contributed by atoms with Gasteiger partial charge in [0.05, 0.1) is 12.6 Å². The van der Waals surface area contributed by atoms with Crippen LogP contribution in [0, 0.1) is 0 Å². The van der Waals surface area contributed by atoms with E-state index in [2.05, 4.69) is 48.0 Å². The van der Waals surface area contributed by atoms with E-state index in [0.29, 0.717) is 18.0 Å². The van der Waals surface area contributed by atoms with Crippen molar-refractivity contribution in [2.24, 2.45) is 10.7 Å². The first-order valence-electron chi connectivity index (χ1n) is 7.38. The highest BCUT2D eigenvalue weighted by molar-refractivity contribution is 5.80. The quantitative estimate of drug-likeness (QED) is 0.900. The Labute approximate surface area is 115 Å². The van der Waals surface area contributed by atoms with Crippen molar-refractivity contribution >= 4 is 5.96 Å². The maximum Gasteiger partial charge on any atom is 0.192 e. The number of aliphatic imine (C=N–C) groups is 1. The molecule has 1 saturated carbocycles. The molecule has 102 valence electrons.